The minimum absolute atomic E-state index is 0.166. The van der Waals surface area contributed by atoms with E-state index in [1.54, 1.807) is 13.3 Å². The Morgan fingerprint density at radius 3 is 2.65 bits per heavy atom. The number of hydrogen-bond acceptors (Lipinski definition) is 4. The van der Waals surface area contributed by atoms with Crippen LogP contribution in [0.3, 0.4) is 0 Å². The lowest BCUT2D eigenvalue weighted by Gasteiger charge is -2.52. The van der Waals surface area contributed by atoms with E-state index >= 15 is 0 Å². The molecule has 1 aromatic heterocycles. The first-order valence-electron chi connectivity index (χ1n) is 12.3. The average Bonchev–Trinajstić information content (AvgIpc) is 2.91. The monoisotopic (exact) mass is 526 g/mol. The molecule has 6 rings (SSSR count). The lowest BCUT2D eigenvalue weighted by Crippen LogP contribution is -2.57. The highest BCUT2D eigenvalue weighted by molar-refractivity contribution is 7.80. The topological polar surface area (TPSA) is 49.4 Å². The first-order chi connectivity index (χ1) is 17.8. The fraction of sp³-hybridized carbons (Fsp3) is 0.357. The third-order valence-electron chi connectivity index (χ3n) is 7.61. The second kappa shape index (κ2) is 10.3. The Morgan fingerprint density at radius 1 is 1.22 bits per heavy atom. The van der Waals surface area contributed by atoms with E-state index in [9.17, 15) is 13.2 Å². The molecule has 3 fully saturated rings. The maximum absolute atomic E-state index is 13.0. The number of pyridine rings is 1. The molecule has 2 aromatic carbocycles. The summed E-state index contributed by atoms with van der Waals surface area (Å²) in [6, 6.07) is 12.7. The molecule has 0 radical (unpaired) electrons. The first kappa shape index (κ1) is 25.5. The Hall–Kier alpha value is -3.17. The number of ether oxygens (including phenoxy) is 1. The molecule has 3 aliphatic rings. The highest BCUT2D eigenvalue weighted by Crippen LogP contribution is 2.42. The van der Waals surface area contributed by atoms with Crippen molar-refractivity contribution in [1.29, 1.82) is 0 Å². The van der Waals surface area contributed by atoms with E-state index in [1.807, 2.05) is 24.3 Å². The van der Waals surface area contributed by atoms with E-state index in [4.69, 9.17) is 17.0 Å². The summed E-state index contributed by atoms with van der Waals surface area (Å²) in [4.78, 5) is 7.04. The minimum Gasteiger partial charge on any atom is -0.497 e. The molecular formula is C28H29F3N4OS. The van der Waals surface area contributed by atoms with Gasteiger partial charge in [0.15, 0.2) is 5.11 Å². The minimum atomic E-state index is -4.39. The highest BCUT2D eigenvalue weighted by Gasteiger charge is 2.43. The SMILES string of the molecule is C=CC1CN2CCC1CC2[C@@H](NC(=S)Nc1ccc(C(F)(F)F)cc1)c1ccnc2ccc(OC)cc12. The average molecular weight is 527 g/mol. The lowest BCUT2D eigenvalue weighted by atomic mass is 9.73. The zero-order chi connectivity index (χ0) is 26.2. The number of benzene rings is 2. The Kier molecular flexibility index (Phi) is 7.09. The predicted octanol–water partition coefficient (Wildman–Crippen LogP) is 6.19. The Labute approximate surface area is 219 Å². The van der Waals surface area contributed by atoms with Gasteiger partial charge in [0.2, 0.25) is 0 Å². The number of fused-ring (bicyclic) bond motifs is 4. The van der Waals surface area contributed by atoms with Crippen LogP contribution in [-0.4, -0.2) is 41.2 Å². The number of nitrogens with one attached hydrogen (secondary N) is 2. The third kappa shape index (κ3) is 5.29. The smallest absolute Gasteiger partial charge is 0.416 e. The van der Waals surface area contributed by atoms with Crippen molar-refractivity contribution in [2.45, 2.75) is 31.1 Å². The van der Waals surface area contributed by atoms with Gasteiger partial charge in [-0.25, -0.2) is 0 Å². The van der Waals surface area contributed by atoms with E-state index in [0.29, 0.717) is 22.6 Å². The van der Waals surface area contributed by atoms with E-state index in [0.717, 1.165) is 60.3 Å². The molecule has 0 aliphatic carbocycles. The molecule has 3 aromatic rings. The number of thiocarbonyl (C=S) groups is 1. The summed E-state index contributed by atoms with van der Waals surface area (Å²) in [5.41, 5.74) is 1.69. The summed E-state index contributed by atoms with van der Waals surface area (Å²) in [7, 11) is 1.64. The number of alkyl halides is 3. The van der Waals surface area contributed by atoms with Crippen molar-refractivity contribution in [3.05, 3.63) is 78.5 Å². The van der Waals surface area contributed by atoms with Crippen LogP contribution >= 0.6 is 12.2 Å². The fourth-order valence-corrected chi connectivity index (χ4v) is 5.95. The molecule has 3 aliphatic heterocycles. The van der Waals surface area contributed by atoms with Crippen LogP contribution in [0.2, 0.25) is 0 Å². The van der Waals surface area contributed by atoms with Crippen molar-refractivity contribution in [2.24, 2.45) is 11.8 Å². The standard InChI is InChI=1S/C28H29F3N4OS/c1-3-17-16-35-13-11-18(17)14-25(35)26(22-10-12-32-24-9-8-21(36-2)15-23(22)24)34-27(37)33-20-6-4-19(5-7-20)28(29,30)31/h3-10,12,15,17-18,25-26H,1,11,13-14,16H2,2H3,(H2,33,34,37)/t17?,18?,25?,26-/m0/s1. The van der Waals surface area contributed by atoms with E-state index in [2.05, 4.69) is 33.2 Å². The number of aromatic nitrogens is 1. The van der Waals surface area contributed by atoms with Crippen LogP contribution in [0, 0.1) is 11.8 Å². The lowest BCUT2D eigenvalue weighted by molar-refractivity contribution is -0.137. The van der Waals surface area contributed by atoms with Gasteiger partial charge in [-0.1, -0.05) is 6.08 Å². The van der Waals surface area contributed by atoms with Crippen LogP contribution in [0.15, 0.2) is 67.4 Å². The molecular weight excluding hydrogens is 497 g/mol. The fourth-order valence-electron chi connectivity index (χ4n) is 5.70. The number of rotatable bonds is 6. The van der Waals surface area contributed by atoms with Gasteiger partial charge in [0.25, 0.3) is 0 Å². The van der Waals surface area contributed by atoms with Crippen molar-refractivity contribution in [3.8, 4) is 5.75 Å². The number of hydrogen-bond donors (Lipinski definition) is 2. The van der Waals surface area contributed by atoms with Gasteiger partial charge < -0.3 is 15.4 Å². The molecule has 3 saturated heterocycles. The predicted molar refractivity (Wildman–Crippen MR) is 144 cm³/mol. The Bertz CT molecular complexity index is 1300. The number of halogens is 3. The molecule has 0 saturated carbocycles. The Balaban J connectivity index is 1.46. The van der Waals surface area contributed by atoms with Gasteiger partial charge >= 0.3 is 6.18 Å². The van der Waals surface area contributed by atoms with Crippen LogP contribution in [0.5, 0.6) is 5.75 Å². The molecule has 2 N–H and O–H groups in total. The largest absolute Gasteiger partial charge is 0.497 e. The van der Waals surface area contributed by atoms with Crippen molar-refractivity contribution >= 4 is 33.9 Å². The normalized spacial score (nSPS) is 23.9. The second-order valence-electron chi connectivity index (χ2n) is 9.68. The maximum atomic E-state index is 13.0. The zero-order valence-corrected chi connectivity index (χ0v) is 21.3. The van der Waals surface area contributed by atoms with E-state index < -0.39 is 11.7 Å². The van der Waals surface area contributed by atoms with Gasteiger partial charge in [0.05, 0.1) is 24.2 Å². The second-order valence-corrected chi connectivity index (χ2v) is 10.1. The number of methoxy groups -OCH3 is 1. The summed E-state index contributed by atoms with van der Waals surface area (Å²) in [6.07, 6.45) is 1.61. The summed E-state index contributed by atoms with van der Waals surface area (Å²) < 4.78 is 44.4. The van der Waals surface area contributed by atoms with Gasteiger partial charge in [-0.2, -0.15) is 13.2 Å². The number of nitrogens with zero attached hydrogens (tertiary/aromatic N) is 2. The van der Waals surface area contributed by atoms with Gasteiger partial charge in [0.1, 0.15) is 5.75 Å². The number of piperidine rings is 3. The van der Waals surface area contributed by atoms with E-state index in [1.165, 1.54) is 12.1 Å². The van der Waals surface area contributed by atoms with Crippen molar-refractivity contribution in [3.63, 3.8) is 0 Å². The molecule has 9 heteroatoms. The summed E-state index contributed by atoms with van der Waals surface area (Å²) in [5, 5.41) is 7.90. The molecule has 5 nitrogen and oxygen atoms in total. The summed E-state index contributed by atoms with van der Waals surface area (Å²) in [5.74, 6) is 1.76. The van der Waals surface area contributed by atoms with Gasteiger partial charge in [-0.05, 0) is 97.5 Å². The van der Waals surface area contributed by atoms with Gasteiger partial charge in [-0.15, -0.1) is 6.58 Å². The molecule has 4 heterocycles. The summed E-state index contributed by atoms with van der Waals surface area (Å²) in [6.45, 7) is 5.99. The van der Waals surface area contributed by atoms with Gasteiger partial charge in [0, 0.05) is 29.9 Å². The molecule has 5 atom stereocenters. The maximum Gasteiger partial charge on any atom is 0.416 e. The molecule has 37 heavy (non-hydrogen) atoms. The molecule has 4 unspecified atom stereocenters. The molecule has 0 amide bonds. The van der Waals surface area contributed by atoms with E-state index in [-0.39, 0.29) is 12.1 Å². The van der Waals surface area contributed by atoms with Gasteiger partial charge in [-0.3, -0.25) is 9.88 Å². The number of anilines is 1. The van der Waals surface area contributed by atoms with Crippen molar-refractivity contribution in [2.75, 3.05) is 25.5 Å². The van der Waals surface area contributed by atoms with Crippen LogP contribution < -0.4 is 15.4 Å². The summed E-state index contributed by atoms with van der Waals surface area (Å²) >= 11 is 5.67. The van der Waals surface area contributed by atoms with Crippen molar-refractivity contribution in [1.82, 2.24) is 15.2 Å². The van der Waals surface area contributed by atoms with Crippen molar-refractivity contribution < 1.29 is 17.9 Å². The Morgan fingerprint density at radius 2 is 2.00 bits per heavy atom. The zero-order valence-electron chi connectivity index (χ0n) is 20.5. The van der Waals surface area contributed by atoms with Crippen LogP contribution in [0.1, 0.15) is 30.0 Å². The van der Waals surface area contributed by atoms with Crippen LogP contribution in [-0.2, 0) is 6.18 Å². The van der Waals surface area contributed by atoms with Crippen LogP contribution in [0.25, 0.3) is 10.9 Å². The molecule has 2 bridgehead atoms. The molecule has 194 valence electrons. The van der Waals surface area contributed by atoms with Crippen LogP contribution in [0.4, 0.5) is 18.9 Å². The highest BCUT2D eigenvalue weighted by atomic mass is 32.1. The first-order valence-corrected chi connectivity index (χ1v) is 12.7. The third-order valence-corrected chi connectivity index (χ3v) is 7.83. The quantitative estimate of drug-likeness (QED) is 0.295. The molecule has 0 spiro atoms.